The van der Waals surface area contributed by atoms with E-state index in [0.717, 1.165) is 0 Å². The normalized spacial score (nSPS) is 14.7. The van der Waals surface area contributed by atoms with Crippen LogP contribution in [0.2, 0.25) is 0 Å². The molecule has 0 radical (unpaired) electrons. The highest BCUT2D eigenvalue weighted by molar-refractivity contribution is 5.78. The van der Waals surface area contributed by atoms with E-state index in [2.05, 4.69) is 39.8 Å². The van der Waals surface area contributed by atoms with E-state index in [1.54, 1.807) is 22.3 Å². The summed E-state index contributed by atoms with van der Waals surface area (Å²) in [5, 5.41) is 0. The molecule has 0 heteroatoms. The minimum absolute atomic E-state index is 1.17. The lowest BCUT2D eigenvalue weighted by atomic mass is 9.93. The van der Waals surface area contributed by atoms with Crippen LogP contribution in [-0.2, 0) is 12.8 Å². The molecule has 1 aromatic carbocycles. The molecule has 0 amide bonds. The predicted molar refractivity (Wildman–Crippen MR) is 67.1 cm³/mol. The van der Waals surface area contributed by atoms with Gasteiger partial charge in [-0.1, -0.05) is 31.1 Å². The summed E-state index contributed by atoms with van der Waals surface area (Å²) in [6, 6.07) is 4.61. The molecule has 0 spiro atoms. The summed E-state index contributed by atoms with van der Waals surface area (Å²) < 4.78 is 0. The fourth-order valence-electron chi connectivity index (χ4n) is 2.58. The van der Waals surface area contributed by atoms with Crippen molar-refractivity contribution in [3.63, 3.8) is 0 Å². The van der Waals surface area contributed by atoms with E-state index in [4.69, 9.17) is 0 Å². The quantitative estimate of drug-likeness (QED) is 0.668. The highest BCUT2D eigenvalue weighted by Gasteiger charge is 2.19. The van der Waals surface area contributed by atoms with Crippen molar-refractivity contribution in [2.45, 2.75) is 47.0 Å². The summed E-state index contributed by atoms with van der Waals surface area (Å²) in [5.74, 6) is 0. The van der Waals surface area contributed by atoms with Crippen LogP contribution in [0.25, 0.3) is 5.57 Å². The third-order valence-corrected chi connectivity index (χ3v) is 3.61. The largest absolute Gasteiger partial charge is 0.0654 e. The average Bonchev–Trinajstić information content (AvgIpc) is 2.50. The van der Waals surface area contributed by atoms with Gasteiger partial charge in [0.2, 0.25) is 0 Å². The van der Waals surface area contributed by atoms with Gasteiger partial charge in [-0.05, 0) is 61.4 Å². The van der Waals surface area contributed by atoms with E-state index in [-0.39, 0.29) is 0 Å². The molecule has 0 bridgehead atoms. The molecule has 0 atom stereocenters. The second-order valence-electron chi connectivity index (χ2n) is 4.73. The number of aryl methyl sites for hydroxylation is 2. The van der Waals surface area contributed by atoms with Crippen LogP contribution in [0.5, 0.6) is 0 Å². The number of benzene rings is 1. The molecule has 1 aliphatic carbocycles. The van der Waals surface area contributed by atoms with Gasteiger partial charge < -0.3 is 0 Å². The minimum Gasteiger partial charge on any atom is -0.0654 e. The Morgan fingerprint density at radius 1 is 1.13 bits per heavy atom. The fraction of sp³-hybridized carbons (Fsp3) is 0.467. The first-order valence-electron chi connectivity index (χ1n) is 5.93. The first kappa shape index (κ1) is 10.5. The molecule has 1 aliphatic rings. The molecule has 0 saturated heterocycles. The lowest BCUT2D eigenvalue weighted by molar-refractivity contribution is 0.915. The topological polar surface area (TPSA) is 0 Å². The second-order valence-corrected chi connectivity index (χ2v) is 4.73. The maximum Gasteiger partial charge on any atom is -0.00552 e. The van der Waals surface area contributed by atoms with E-state index in [1.807, 2.05) is 0 Å². The van der Waals surface area contributed by atoms with Crippen LogP contribution >= 0.6 is 0 Å². The van der Waals surface area contributed by atoms with Gasteiger partial charge in [0.05, 0.1) is 0 Å². The van der Waals surface area contributed by atoms with Gasteiger partial charge in [0.1, 0.15) is 0 Å². The lowest BCUT2D eigenvalue weighted by Crippen LogP contribution is -1.96. The standard InChI is InChI=1S/C15H20/c1-5-6-13-8-7-10(2)14-9-11(3)12(4)15(13)14/h7-8H,5-6,9H2,1-4H3. The second kappa shape index (κ2) is 3.84. The van der Waals surface area contributed by atoms with Crippen molar-refractivity contribution in [1.82, 2.24) is 0 Å². The van der Waals surface area contributed by atoms with Crippen molar-refractivity contribution in [2.24, 2.45) is 0 Å². The Morgan fingerprint density at radius 2 is 1.87 bits per heavy atom. The van der Waals surface area contributed by atoms with Crippen molar-refractivity contribution < 1.29 is 0 Å². The zero-order chi connectivity index (χ0) is 11.0. The molecule has 0 N–H and O–H groups in total. The van der Waals surface area contributed by atoms with Gasteiger partial charge in [0, 0.05) is 0 Å². The van der Waals surface area contributed by atoms with E-state index >= 15 is 0 Å². The third-order valence-electron chi connectivity index (χ3n) is 3.61. The molecule has 0 aromatic heterocycles. The van der Waals surface area contributed by atoms with Crippen LogP contribution < -0.4 is 0 Å². The number of fused-ring (bicyclic) bond motifs is 1. The molecule has 0 nitrogen and oxygen atoms in total. The van der Waals surface area contributed by atoms with Crippen molar-refractivity contribution in [1.29, 1.82) is 0 Å². The Kier molecular flexibility index (Phi) is 2.68. The van der Waals surface area contributed by atoms with Crippen LogP contribution in [0, 0.1) is 6.92 Å². The number of hydrogen-bond acceptors (Lipinski definition) is 0. The highest BCUT2D eigenvalue weighted by atomic mass is 14.2. The van der Waals surface area contributed by atoms with Crippen molar-refractivity contribution in [2.75, 3.05) is 0 Å². The maximum absolute atomic E-state index is 2.32. The van der Waals surface area contributed by atoms with E-state index < -0.39 is 0 Å². The van der Waals surface area contributed by atoms with Crippen LogP contribution in [0.4, 0.5) is 0 Å². The molecule has 0 heterocycles. The first-order chi connectivity index (χ1) is 7.15. The molecule has 80 valence electrons. The zero-order valence-electron chi connectivity index (χ0n) is 10.3. The number of hydrogen-bond donors (Lipinski definition) is 0. The third kappa shape index (κ3) is 1.62. The lowest BCUT2D eigenvalue weighted by Gasteiger charge is -2.11. The zero-order valence-corrected chi connectivity index (χ0v) is 10.3. The summed E-state index contributed by atoms with van der Waals surface area (Å²) >= 11 is 0. The van der Waals surface area contributed by atoms with Gasteiger partial charge in [-0.25, -0.2) is 0 Å². The molecule has 1 aromatic rings. The van der Waals surface area contributed by atoms with Crippen LogP contribution in [0.1, 0.15) is 49.4 Å². The Morgan fingerprint density at radius 3 is 2.53 bits per heavy atom. The van der Waals surface area contributed by atoms with Crippen LogP contribution in [-0.4, -0.2) is 0 Å². The average molecular weight is 200 g/mol. The minimum atomic E-state index is 1.17. The molecule has 0 saturated carbocycles. The van der Waals surface area contributed by atoms with Gasteiger partial charge in [-0.2, -0.15) is 0 Å². The van der Waals surface area contributed by atoms with Gasteiger partial charge in [0.15, 0.2) is 0 Å². The molecule has 2 rings (SSSR count). The SMILES string of the molecule is CCCc1ccc(C)c2c1C(C)=C(C)C2. The number of rotatable bonds is 2. The Hall–Kier alpha value is -1.04. The molecule has 15 heavy (non-hydrogen) atoms. The Labute approximate surface area is 93.0 Å². The monoisotopic (exact) mass is 200 g/mol. The van der Waals surface area contributed by atoms with E-state index in [0.29, 0.717) is 0 Å². The molecule has 0 unspecified atom stereocenters. The van der Waals surface area contributed by atoms with Gasteiger partial charge in [0.25, 0.3) is 0 Å². The van der Waals surface area contributed by atoms with Crippen LogP contribution in [0.15, 0.2) is 17.7 Å². The van der Waals surface area contributed by atoms with Gasteiger partial charge in [-0.15, -0.1) is 0 Å². The molecular formula is C15H20. The molecule has 0 aliphatic heterocycles. The van der Waals surface area contributed by atoms with Crippen LogP contribution in [0.3, 0.4) is 0 Å². The smallest absolute Gasteiger partial charge is 0.00552 e. The molecule has 0 fully saturated rings. The van der Waals surface area contributed by atoms with Crippen molar-refractivity contribution >= 4 is 5.57 Å². The predicted octanol–water partition coefficient (Wildman–Crippen LogP) is 4.30. The summed E-state index contributed by atoms with van der Waals surface area (Å²) in [5.41, 5.74) is 9.23. The maximum atomic E-state index is 2.32. The summed E-state index contributed by atoms with van der Waals surface area (Å²) in [6.07, 6.45) is 3.62. The highest BCUT2D eigenvalue weighted by Crippen LogP contribution is 2.36. The number of allylic oxidation sites excluding steroid dienone is 2. The fourth-order valence-corrected chi connectivity index (χ4v) is 2.58. The van der Waals surface area contributed by atoms with Crippen molar-refractivity contribution in [3.05, 3.63) is 40.0 Å². The first-order valence-corrected chi connectivity index (χ1v) is 5.93. The van der Waals surface area contributed by atoms with Gasteiger partial charge in [-0.3, -0.25) is 0 Å². The Bertz CT molecular complexity index is 422. The molecular weight excluding hydrogens is 180 g/mol. The van der Waals surface area contributed by atoms with E-state index in [1.165, 1.54) is 30.4 Å². The van der Waals surface area contributed by atoms with E-state index in [9.17, 15) is 0 Å². The van der Waals surface area contributed by atoms with Gasteiger partial charge >= 0.3 is 0 Å². The summed E-state index contributed by atoms with van der Waals surface area (Å²) in [7, 11) is 0. The summed E-state index contributed by atoms with van der Waals surface area (Å²) in [6.45, 7) is 9.04. The summed E-state index contributed by atoms with van der Waals surface area (Å²) in [4.78, 5) is 0. The van der Waals surface area contributed by atoms with Crippen molar-refractivity contribution in [3.8, 4) is 0 Å². The Balaban J connectivity index is 2.58.